The SMILES string of the molecule is CC1CNCC(C)N1CC1CC(F)(F)C(=O)O1. The van der Waals surface area contributed by atoms with Gasteiger partial charge in [-0.25, -0.2) is 4.79 Å². The molecule has 0 aromatic heterocycles. The number of esters is 1. The second-order valence-corrected chi connectivity index (χ2v) is 4.99. The lowest BCUT2D eigenvalue weighted by Crippen LogP contribution is -2.56. The van der Waals surface area contributed by atoms with Crippen LogP contribution in [0.2, 0.25) is 0 Å². The zero-order chi connectivity index (χ0) is 12.6. The van der Waals surface area contributed by atoms with Crippen molar-refractivity contribution in [3.8, 4) is 0 Å². The largest absolute Gasteiger partial charge is 0.456 e. The Balaban J connectivity index is 1.95. The molecule has 0 bridgehead atoms. The van der Waals surface area contributed by atoms with Gasteiger partial charge in [0.15, 0.2) is 0 Å². The van der Waals surface area contributed by atoms with E-state index in [1.54, 1.807) is 0 Å². The van der Waals surface area contributed by atoms with Crippen molar-refractivity contribution in [3.05, 3.63) is 0 Å². The average Bonchev–Trinajstić information content (AvgIpc) is 2.47. The fourth-order valence-electron chi connectivity index (χ4n) is 2.52. The van der Waals surface area contributed by atoms with Gasteiger partial charge in [-0.15, -0.1) is 0 Å². The predicted octanol–water partition coefficient (Wildman–Crippen LogP) is 0.619. The van der Waals surface area contributed by atoms with E-state index in [1.165, 1.54) is 0 Å². The second kappa shape index (κ2) is 4.49. The maximum absolute atomic E-state index is 13.0. The van der Waals surface area contributed by atoms with Crippen LogP contribution in [0.4, 0.5) is 8.78 Å². The maximum Gasteiger partial charge on any atom is 0.377 e. The number of hydrogen-bond acceptors (Lipinski definition) is 4. The zero-order valence-electron chi connectivity index (χ0n) is 10.1. The van der Waals surface area contributed by atoms with Gasteiger partial charge in [-0.1, -0.05) is 0 Å². The number of cyclic esters (lactones) is 1. The molecule has 2 saturated heterocycles. The van der Waals surface area contributed by atoms with Gasteiger partial charge in [-0.05, 0) is 13.8 Å². The van der Waals surface area contributed by atoms with Gasteiger partial charge < -0.3 is 10.1 Å². The summed E-state index contributed by atoms with van der Waals surface area (Å²) >= 11 is 0. The lowest BCUT2D eigenvalue weighted by Gasteiger charge is -2.40. The quantitative estimate of drug-likeness (QED) is 0.727. The van der Waals surface area contributed by atoms with Gasteiger partial charge in [0, 0.05) is 31.7 Å². The van der Waals surface area contributed by atoms with E-state index < -0.39 is 24.4 Å². The number of nitrogens with zero attached hydrogens (tertiary/aromatic N) is 1. The minimum atomic E-state index is -3.30. The molecule has 98 valence electrons. The van der Waals surface area contributed by atoms with E-state index in [-0.39, 0.29) is 12.1 Å². The molecule has 2 heterocycles. The summed E-state index contributed by atoms with van der Waals surface area (Å²) in [6.07, 6.45) is -1.17. The first-order valence-electron chi connectivity index (χ1n) is 5.95. The van der Waals surface area contributed by atoms with Crippen LogP contribution in [0.15, 0.2) is 0 Å². The second-order valence-electron chi connectivity index (χ2n) is 4.99. The Morgan fingerprint density at radius 3 is 2.47 bits per heavy atom. The van der Waals surface area contributed by atoms with E-state index in [4.69, 9.17) is 4.74 Å². The Bertz CT molecular complexity index is 302. The minimum absolute atomic E-state index is 0.270. The Kier molecular flexibility index (Phi) is 3.36. The third kappa shape index (κ3) is 2.57. The molecule has 0 aliphatic carbocycles. The Morgan fingerprint density at radius 1 is 1.41 bits per heavy atom. The molecule has 0 spiro atoms. The topological polar surface area (TPSA) is 41.6 Å². The number of ether oxygens (including phenoxy) is 1. The van der Waals surface area contributed by atoms with Crippen LogP contribution in [0.25, 0.3) is 0 Å². The number of alkyl halides is 2. The van der Waals surface area contributed by atoms with E-state index in [2.05, 4.69) is 10.2 Å². The highest BCUT2D eigenvalue weighted by molar-refractivity contribution is 5.79. The standard InChI is InChI=1S/C11H18F2N2O2/c1-7-4-14-5-8(2)15(7)6-9-3-11(12,13)10(16)17-9/h7-9,14H,3-6H2,1-2H3. The Hall–Kier alpha value is -0.750. The normalized spacial score (nSPS) is 38.1. The van der Waals surface area contributed by atoms with Gasteiger partial charge in [0.2, 0.25) is 0 Å². The molecule has 2 aliphatic rings. The van der Waals surface area contributed by atoms with Crippen LogP contribution in [-0.4, -0.2) is 54.6 Å². The number of nitrogens with one attached hydrogen (secondary N) is 1. The molecule has 1 N–H and O–H groups in total. The molecule has 3 atom stereocenters. The molecule has 0 radical (unpaired) electrons. The van der Waals surface area contributed by atoms with Gasteiger partial charge in [0.25, 0.3) is 0 Å². The molecule has 2 fully saturated rings. The van der Waals surface area contributed by atoms with Crippen molar-refractivity contribution >= 4 is 5.97 Å². The van der Waals surface area contributed by atoms with Crippen LogP contribution in [-0.2, 0) is 9.53 Å². The average molecular weight is 248 g/mol. The van der Waals surface area contributed by atoms with Crippen LogP contribution in [0.3, 0.4) is 0 Å². The first-order chi connectivity index (χ1) is 7.90. The van der Waals surface area contributed by atoms with Gasteiger partial charge in [0.1, 0.15) is 6.10 Å². The van der Waals surface area contributed by atoms with Crippen molar-refractivity contribution in [2.24, 2.45) is 0 Å². The van der Waals surface area contributed by atoms with Crippen molar-refractivity contribution in [3.63, 3.8) is 0 Å². The van der Waals surface area contributed by atoms with Crippen LogP contribution in [0.5, 0.6) is 0 Å². The summed E-state index contributed by atoms with van der Waals surface area (Å²) in [6, 6.07) is 0.540. The molecule has 3 unspecified atom stereocenters. The molecule has 2 aliphatic heterocycles. The summed E-state index contributed by atoms with van der Waals surface area (Å²) in [7, 11) is 0. The molecule has 0 aromatic rings. The van der Waals surface area contributed by atoms with E-state index in [0.29, 0.717) is 6.54 Å². The highest BCUT2D eigenvalue weighted by Crippen LogP contribution is 2.31. The first-order valence-corrected chi connectivity index (χ1v) is 5.95. The maximum atomic E-state index is 13.0. The molecule has 0 aromatic carbocycles. The summed E-state index contributed by atoms with van der Waals surface area (Å²) in [5.74, 6) is -4.68. The Morgan fingerprint density at radius 2 is 2.00 bits per heavy atom. The fraction of sp³-hybridized carbons (Fsp3) is 0.909. The molecular formula is C11H18F2N2O2. The molecule has 0 amide bonds. The van der Waals surface area contributed by atoms with E-state index in [1.807, 2.05) is 13.8 Å². The number of hydrogen-bond donors (Lipinski definition) is 1. The lowest BCUT2D eigenvalue weighted by molar-refractivity contribution is -0.159. The van der Waals surface area contributed by atoms with Crippen LogP contribution in [0, 0.1) is 0 Å². The van der Waals surface area contributed by atoms with Crippen LogP contribution < -0.4 is 5.32 Å². The van der Waals surface area contributed by atoms with Gasteiger partial charge in [-0.3, -0.25) is 4.90 Å². The Labute approximate surface area is 99.3 Å². The monoisotopic (exact) mass is 248 g/mol. The smallest absolute Gasteiger partial charge is 0.377 e. The molecular weight excluding hydrogens is 230 g/mol. The van der Waals surface area contributed by atoms with E-state index in [9.17, 15) is 13.6 Å². The first kappa shape index (κ1) is 12.7. The summed E-state index contributed by atoms with van der Waals surface area (Å²) in [5.41, 5.74) is 0. The summed E-state index contributed by atoms with van der Waals surface area (Å²) in [6.45, 7) is 6.14. The van der Waals surface area contributed by atoms with E-state index in [0.717, 1.165) is 13.1 Å². The fourth-order valence-corrected chi connectivity index (χ4v) is 2.52. The van der Waals surface area contributed by atoms with Gasteiger partial charge in [0.05, 0.1) is 6.42 Å². The molecule has 0 saturated carbocycles. The highest BCUT2D eigenvalue weighted by atomic mass is 19.3. The molecule has 6 heteroatoms. The minimum Gasteiger partial charge on any atom is -0.456 e. The van der Waals surface area contributed by atoms with Gasteiger partial charge in [-0.2, -0.15) is 8.78 Å². The van der Waals surface area contributed by atoms with Gasteiger partial charge >= 0.3 is 11.9 Å². The molecule has 2 rings (SSSR count). The van der Waals surface area contributed by atoms with Crippen molar-refractivity contribution in [1.82, 2.24) is 10.2 Å². The summed E-state index contributed by atoms with van der Waals surface area (Å²) < 4.78 is 30.8. The number of piperazine rings is 1. The zero-order valence-corrected chi connectivity index (χ0v) is 10.1. The third-order valence-electron chi connectivity index (χ3n) is 3.48. The lowest BCUT2D eigenvalue weighted by atomic mass is 10.1. The number of rotatable bonds is 2. The molecule has 17 heavy (non-hydrogen) atoms. The van der Waals surface area contributed by atoms with Crippen molar-refractivity contribution in [2.45, 2.75) is 44.4 Å². The predicted molar refractivity (Wildman–Crippen MR) is 57.9 cm³/mol. The van der Waals surface area contributed by atoms with Crippen LogP contribution in [0.1, 0.15) is 20.3 Å². The summed E-state index contributed by atoms with van der Waals surface area (Å²) in [4.78, 5) is 13.0. The third-order valence-corrected chi connectivity index (χ3v) is 3.48. The highest BCUT2D eigenvalue weighted by Gasteiger charge is 2.51. The van der Waals surface area contributed by atoms with E-state index >= 15 is 0 Å². The van der Waals surface area contributed by atoms with Crippen molar-refractivity contribution in [2.75, 3.05) is 19.6 Å². The van der Waals surface area contributed by atoms with Crippen molar-refractivity contribution in [1.29, 1.82) is 0 Å². The molecule has 4 nitrogen and oxygen atoms in total. The summed E-state index contributed by atoms with van der Waals surface area (Å²) in [5, 5.41) is 3.27. The number of carbonyl (C=O) groups is 1. The number of halogens is 2. The number of carbonyl (C=O) groups excluding carboxylic acids is 1. The van der Waals surface area contributed by atoms with Crippen molar-refractivity contribution < 1.29 is 18.3 Å². The van der Waals surface area contributed by atoms with Crippen LogP contribution >= 0.6 is 0 Å².